The van der Waals surface area contributed by atoms with Crippen LogP contribution in [0.5, 0.6) is 0 Å². The van der Waals surface area contributed by atoms with Crippen LogP contribution < -0.4 is 5.73 Å². The van der Waals surface area contributed by atoms with Crippen LogP contribution in [0.4, 0.5) is 0 Å². The van der Waals surface area contributed by atoms with Gasteiger partial charge in [-0.05, 0) is 31.0 Å². The first-order valence-corrected chi connectivity index (χ1v) is 5.27. The van der Waals surface area contributed by atoms with Gasteiger partial charge in [-0.25, -0.2) is 9.50 Å². The van der Waals surface area contributed by atoms with Gasteiger partial charge < -0.3 is 5.73 Å². The molecular formula is C10H13ClN4. The van der Waals surface area contributed by atoms with E-state index in [1.54, 1.807) is 0 Å². The number of fused-ring (bicyclic) bond motifs is 1. The van der Waals surface area contributed by atoms with Crippen molar-refractivity contribution in [2.75, 3.05) is 6.54 Å². The standard InChI is InChI=1S/C10H13ClN4/c1-7(5-12)4-8-2-3-9-10(11)13-6-14-15(8)9/h2-3,6-7H,4-5,12H2,1H3. The van der Waals surface area contributed by atoms with E-state index in [1.807, 2.05) is 16.6 Å². The van der Waals surface area contributed by atoms with Crippen molar-refractivity contribution in [1.82, 2.24) is 14.6 Å². The van der Waals surface area contributed by atoms with E-state index in [4.69, 9.17) is 17.3 Å². The second-order valence-electron chi connectivity index (χ2n) is 3.72. The summed E-state index contributed by atoms with van der Waals surface area (Å²) in [6.07, 6.45) is 2.37. The zero-order valence-electron chi connectivity index (χ0n) is 8.52. The Hall–Kier alpha value is -1.13. The average Bonchev–Trinajstić information content (AvgIpc) is 2.63. The summed E-state index contributed by atoms with van der Waals surface area (Å²) in [4.78, 5) is 3.93. The smallest absolute Gasteiger partial charge is 0.156 e. The molecular weight excluding hydrogens is 212 g/mol. The minimum Gasteiger partial charge on any atom is -0.330 e. The van der Waals surface area contributed by atoms with Crippen molar-refractivity contribution in [3.8, 4) is 0 Å². The van der Waals surface area contributed by atoms with Gasteiger partial charge in [0.15, 0.2) is 5.15 Å². The van der Waals surface area contributed by atoms with Crippen molar-refractivity contribution in [1.29, 1.82) is 0 Å². The molecule has 0 fully saturated rings. The predicted molar refractivity (Wildman–Crippen MR) is 59.9 cm³/mol. The normalized spacial score (nSPS) is 13.3. The van der Waals surface area contributed by atoms with Crippen LogP contribution in [0.2, 0.25) is 5.15 Å². The van der Waals surface area contributed by atoms with E-state index < -0.39 is 0 Å². The van der Waals surface area contributed by atoms with Crippen LogP contribution in [-0.4, -0.2) is 21.1 Å². The van der Waals surface area contributed by atoms with Gasteiger partial charge in [0.2, 0.25) is 0 Å². The molecule has 0 saturated heterocycles. The Balaban J connectivity index is 2.41. The average molecular weight is 225 g/mol. The van der Waals surface area contributed by atoms with E-state index in [2.05, 4.69) is 17.0 Å². The molecule has 0 aliphatic heterocycles. The fourth-order valence-corrected chi connectivity index (χ4v) is 1.74. The molecule has 0 aliphatic rings. The van der Waals surface area contributed by atoms with Gasteiger partial charge >= 0.3 is 0 Å². The Morgan fingerprint density at radius 2 is 2.33 bits per heavy atom. The molecule has 4 nitrogen and oxygen atoms in total. The Labute approximate surface area is 93.1 Å². The van der Waals surface area contributed by atoms with Crippen molar-refractivity contribution >= 4 is 17.1 Å². The Kier molecular flexibility index (Phi) is 2.88. The number of hydrogen-bond donors (Lipinski definition) is 1. The van der Waals surface area contributed by atoms with Gasteiger partial charge in [0.05, 0.1) is 0 Å². The molecule has 0 spiro atoms. The molecule has 0 bridgehead atoms. The van der Waals surface area contributed by atoms with Crippen LogP contribution in [0.25, 0.3) is 5.52 Å². The third kappa shape index (κ3) is 1.96. The molecule has 0 saturated carbocycles. The molecule has 80 valence electrons. The maximum atomic E-state index is 5.94. The number of halogens is 1. The monoisotopic (exact) mass is 224 g/mol. The van der Waals surface area contributed by atoms with E-state index >= 15 is 0 Å². The lowest BCUT2D eigenvalue weighted by Crippen LogP contribution is -2.14. The van der Waals surface area contributed by atoms with Crippen LogP contribution in [0.3, 0.4) is 0 Å². The highest BCUT2D eigenvalue weighted by molar-refractivity contribution is 6.32. The topological polar surface area (TPSA) is 56.2 Å². The number of nitrogens with zero attached hydrogens (tertiary/aromatic N) is 3. The van der Waals surface area contributed by atoms with Crippen LogP contribution in [0.15, 0.2) is 18.5 Å². The first kappa shape index (κ1) is 10.4. The quantitative estimate of drug-likeness (QED) is 0.860. The summed E-state index contributed by atoms with van der Waals surface area (Å²) >= 11 is 5.94. The van der Waals surface area contributed by atoms with E-state index in [1.165, 1.54) is 6.33 Å². The third-order valence-electron chi connectivity index (χ3n) is 2.44. The SMILES string of the molecule is CC(CN)Cc1ccc2c(Cl)ncnn12. The van der Waals surface area contributed by atoms with E-state index in [0.717, 1.165) is 17.6 Å². The summed E-state index contributed by atoms with van der Waals surface area (Å²) in [5, 5.41) is 4.65. The van der Waals surface area contributed by atoms with Crippen molar-refractivity contribution in [3.63, 3.8) is 0 Å². The summed E-state index contributed by atoms with van der Waals surface area (Å²) in [7, 11) is 0. The molecule has 2 rings (SSSR count). The molecule has 2 aromatic heterocycles. The number of nitrogens with two attached hydrogens (primary N) is 1. The number of hydrogen-bond acceptors (Lipinski definition) is 3. The first-order valence-electron chi connectivity index (χ1n) is 4.89. The minimum absolute atomic E-state index is 0.442. The zero-order valence-corrected chi connectivity index (χ0v) is 9.28. The fraction of sp³-hybridized carbons (Fsp3) is 0.400. The molecule has 5 heteroatoms. The molecule has 1 atom stereocenters. The fourth-order valence-electron chi connectivity index (χ4n) is 1.55. The minimum atomic E-state index is 0.442. The maximum absolute atomic E-state index is 5.94. The lowest BCUT2D eigenvalue weighted by molar-refractivity contribution is 0.575. The van der Waals surface area contributed by atoms with Gasteiger partial charge in [0.1, 0.15) is 11.8 Å². The van der Waals surface area contributed by atoms with Gasteiger partial charge in [-0.2, -0.15) is 5.10 Å². The molecule has 2 heterocycles. The number of rotatable bonds is 3. The molecule has 2 N–H and O–H groups in total. The summed E-state index contributed by atoms with van der Waals surface area (Å²) < 4.78 is 1.82. The van der Waals surface area contributed by atoms with Gasteiger partial charge in [-0.1, -0.05) is 18.5 Å². The lowest BCUT2D eigenvalue weighted by atomic mass is 10.1. The molecule has 15 heavy (non-hydrogen) atoms. The van der Waals surface area contributed by atoms with Crippen molar-refractivity contribution in [2.45, 2.75) is 13.3 Å². The summed E-state index contributed by atoms with van der Waals surface area (Å²) in [5.74, 6) is 0.442. The molecule has 0 aromatic carbocycles. The summed E-state index contributed by atoms with van der Waals surface area (Å²) in [5.41, 5.74) is 7.56. The Morgan fingerprint density at radius 3 is 3.07 bits per heavy atom. The van der Waals surface area contributed by atoms with Gasteiger partial charge in [0.25, 0.3) is 0 Å². The van der Waals surface area contributed by atoms with Crippen LogP contribution in [-0.2, 0) is 6.42 Å². The van der Waals surface area contributed by atoms with Gasteiger partial charge in [-0.3, -0.25) is 0 Å². The molecule has 0 radical (unpaired) electrons. The van der Waals surface area contributed by atoms with Crippen LogP contribution in [0.1, 0.15) is 12.6 Å². The highest BCUT2D eigenvalue weighted by Gasteiger charge is 2.09. The van der Waals surface area contributed by atoms with Gasteiger partial charge in [0, 0.05) is 5.69 Å². The Bertz CT molecular complexity index is 465. The summed E-state index contributed by atoms with van der Waals surface area (Å²) in [6, 6.07) is 3.95. The molecule has 0 amide bonds. The van der Waals surface area contributed by atoms with E-state index in [-0.39, 0.29) is 0 Å². The van der Waals surface area contributed by atoms with Crippen molar-refractivity contribution in [2.24, 2.45) is 11.7 Å². The molecule has 2 aromatic rings. The van der Waals surface area contributed by atoms with Crippen LogP contribution in [0, 0.1) is 5.92 Å². The van der Waals surface area contributed by atoms with Crippen LogP contribution >= 0.6 is 11.6 Å². The maximum Gasteiger partial charge on any atom is 0.156 e. The second kappa shape index (κ2) is 4.16. The second-order valence-corrected chi connectivity index (χ2v) is 4.08. The lowest BCUT2D eigenvalue weighted by Gasteiger charge is -2.07. The highest BCUT2D eigenvalue weighted by Crippen LogP contribution is 2.17. The van der Waals surface area contributed by atoms with E-state index in [9.17, 15) is 0 Å². The molecule has 1 unspecified atom stereocenters. The Morgan fingerprint density at radius 1 is 1.53 bits per heavy atom. The van der Waals surface area contributed by atoms with Crippen molar-refractivity contribution < 1.29 is 0 Å². The predicted octanol–water partition coefficient (Wildman–Crippen LogP) is 1.52. The zero-order chi connectivity index (χ0) is 10.8. The van der Waals surface area contributed by atoms with E-state index in [0.29, 0.717) is 17.6 Å². The number of aromatic nitrogens is 3. The summed E-state index contributed by atoms with van der Waals surface area (Å²) in [6.45, 7) is 2.79. The third-order valence-corrected chi connectivity index (χ3v) is 2.73. The van der Waals surface area contributed by atoms with Gasteiger partial charge in [-0.15, -0.1) is 0 Å². The molecule has 0 aliphatic carbocycles. The first-order chi connectivity index (χ1) is 7.22. The highest BCUT2D eigenvalue weighted by atomic mass is 35.5. The largest absolute Gasteiger partial charge is 0.330 e. The van der Waals surface area contributed by atoms with Crippen molar-refractivity contribution in [3.05, 3.63) is 29.3 Å².